The highest BCUT2D eigenvalue weighted by molar-refractivity contribution is 7.99. The fraction of sp³-hybridized carbons (Fsp3) is 0.261. The number of nitrogens with zero attached hydrogens (tertiary/aromatic N) is 4. The molecule has 0 aliphatic rings. The molecule has 2 amide bonds. The Morgan fingerprint density at radius 2 is 1.94 bits per heavy atom. The molecule has 0 aliphatic heterocycles. The van der Waals surface area contributed by atoms with Gasteiger partial charge in [0.05, 0.1) is 22.3 Å². The maximum Gasteiger partial charge on any atom is 0.262 e. The van der Waals surface area contributed by atoms with Crippen LogP contribution in [0.5, 0.6) is 0 Å². The smallest absolute Gasteiger partial charge is 0.262 e. The van der Waals surface area contributed by atoms with Crippen molar-refractivity contribution >= 4 is 45.9 Å². The molecule has 34 heavy (non-hydrogen) atoms. The summed E-state index contributed by atoms with van der Waals surface area (Å²) in [6.45, 7) is 3.88. The molecule has 4 rings (SSSR count). The fourth-order valence-corrected chi connectivity index (χ4v) is 4.12. The SMILES string of the molecule is CCC(C)NC(=O)c1ccc2c(=O)n(C)c3nnc(SCC(=O)Nc4ccccc4F)n3c2c1. The Morgan fingerprint density at radius 3 is 2.68 bits per heavy atom. The lowest BCUT2D eigenvalue weighted by molar-refractivity contribution is -0.113. The van der Waals surface area contributed by atoms with Crippen molar-refractivity contribution in [1.29, 1.82) is 0 Å². The molecular formula is C23H23FN6O3S. The van der Waals surface area contributed by atoms with Crippen LogP contribution in [0.15, 0.2) is 52.4 Å². The number of nitrogens with one attached hydrogen (secondary N) is 2. The summed E-state index contributed by atoms with van der Waals surface area (Å²) in [4.78, 5) is 37.9. The van der Waals surface area contributed by atoms with Gasteiger partial charge in [-0.2, -0.15) is 0 Å². The molecule has 9 nitrogen and oxygen atoms in total. The lowest BCUT2D eigenvalue weighted by Crippen LogP contribution is -2.32. The van der Waals surface area contributed by atoms with Crippen molar-refractivity contribution in [2.75, 3.05) is 11.1 Å². The minimum Gasteiger partial charge on any atom is -0.350 e. The van der Waals surface area contributed by atoms with Crippen molar-refractivity contribution in [2.45, 2.75) is 31.5 Å². The summed E-state index contributed by atoms with van der Waals surface area (Å²) >= 11 is 1.09. The van der Waals surface area contributed by atoms with Crippen LogP contribution in [0, 0.1) is 5.82 Å². The molecule has 0 spiro atoms. The van der Waals surface area contributed by atoms with Crippen LogP contribution in [0.4, 0.5) is 10.1 Å². The molecule has 176 valence electrons. The van der Waals surface area contributed by atoms with Crippen LogP contribution in [0.2, 0.25) is 0 Å². The monoisotopic (exact) mass is 482 g/mol. The molecule has 1 unspecified atom stereocenters. The Balaban J connectivity index is 1.69. The molecule has 1 atom stereocenters. The van der Waals surface area contributed by atoms with Crippen molar-refractivity contribution in [3.8, 4) is 0 Å². The molecule has 0 saturated carbocycles. The number of amides is 2. The number of thioether (sulfide) groups is 1. The second-order valence-corrected chi connectivity index (χ2v) is 8.76. The number of hydrogen-bond acceptors (Lipinski definition) is 6. The van der Waals surface area contributed by atoms with Crippen LogP contribution in [-0.2, 0) is 11.8 Å². The van der Waals surface area contributed by atoms with Gasteiger partial charge in [0.2, 0.25) is 11.7 Å². The topological polar surface area (TPSA) is 110 Å². The molecule has 2 heterocycles. The molecule has 2 N–H and O–H groups in total. The Hall–Kier alpha value is -3.73. The van der Waals surface area contributed by atoms with E-state index >= 15 is 0 Å². The van der Waals surface area contributed by atoms with Gasteiger partial charge in [0.15, 0.2) is 5.16 Å². The highest BCUT2D eigenvalue weighted by Gasteiger charge is 2.18. The van der Waals surface area contributed by atoms with Crippen molar-refractivity contribution in [3.05, 3.63) is 64.2 Å². The van der Waals surface area contributed by atoms with Gasteiger partial charge in [0.1, 0.15) is 5.82 Å². The van der Waals surface area contributed by atoms with E-state index in [1.165, 1.54) is 22.8 Å². The van der Waals surface area contributed by atoms with Crippen molar-refractivity contribution < 1.29 is 14.0 Å². The number of carbonyl (C=O) groups is 2. The van der Waals surface area contributed by atoms with E-state index in [1.54, 1.807) is 35.7 Å². The molecule has 0 radical (unpaired) electrons. The zero-order chi connectivity index (χ0) is 24.4. The van der Waals surface area contributed by atoms with E-state index in [0.29, 0.717) is 21.6 Å². The summed E-state index contributed by atoms with van der Waals surface area (Å²) in [5.74, 6) is -0.994. The number of fused-ring (bicyclic) bond motifs is 3. The molecule has 2 aromatic carbocycles. The Bertz CT molecular complexity index is 1460. The third-order valence-corrected chi connectivity index (χ3v) is 6.35. The van der Waals surface area contributed by atoms with Gasteiger partial charge in [-0.1, -0.05) is 30.8 Å². The molecule has 4 aromatic rings. The zero-order valence-corrected chi connectivity index (χ0v) is 19.6. The quantitative estimate of drug-likeness (QED) is 0.392. The summed E-state index contributed by atoms with van der Waals surface area (Å²) in [6.07, 6.45) is 0.783. The van der Waals surface area contributed by atoms with Gasteiger partial charge in [-0.3, -0.25) is 23.4 Å². The molecule has 0 aliphatic carbocycles. The van der Waals surface area contributed by atoms with Crippen LogP contribution in [0.1, 0.15) is 30.6 Å². The second-order valence-electron chi connectivity index (χ2n) is 7.81. The van der Waals surface area contributed by atoms with E-state index in [2.05, 4.69) is 20.8 Å². The summed E-state index contributed by atoms with van der Waals surface area (Å²) in [6, 6.07) is 10.7. The molecule has 2 aromatic heterocycles. The van der Waals surface area contributed by atoms with E-state index in [-0.39, 0.29) is 34.7 Å². The first kappa shape index (κ1) is 23.4. The Morgan fingerprint density at radius 1 is 1.18 bits per heavy atom. The highest BCUT2D eigenvalue weighted by Crippen LogP contribution is 2.23. The number of anilines is 1. The minimum absolute atomic E-state index is 0.000788. The van der Waals surface area contributed by atoms with E-state index in [9.17, 15) is 18.8 Å². The van der Waals surface area contributed by atoms with Crippen molar-refractivity contribution in [3.63, 3.8) is 0 Å². The Labute approximate surface area is 198 Å². The molecule has 11 heteroatoms. The number of para-hydroxylation sites is 1. The first-order valence-corrected chi connectivity index (χ1v) is 11.6. The minimum atomic E-state index is -0.530. The second kappa shape index (κ2) is 9.64. The lowest BCUT2D eigenvalue weighted by Gasteiger charge is -2.13. The summed E-state index contributed by atoms with van der Waals surface area (Å²) in [5, 5.41) is 14.4. The van der Waals surface area contributed by atoms with E-state index in [1.807, 2.05) is 13.8 Å². The van der Waals surface area contributed by atoms with Crippen LogP contribution in [-0.4, -0.2) is 42.8 Å². The van der Waals surface area contributed by atoms with Crippen LogP contribution < -0.4 is 16.2 Å². The normalized spacial score (nSPS) is 12.1. The van der Waals surface area contributed by atoms with Crippen molar-refractivity contribution in [1.82, 2.24) is 24.5 Å². The first-order chi connectivity index (χ1) is 16.3. The number of carbonyl (C=O) groups excluding carboxylic acids is 2. The molecular weight excluding hydrogens is 459 g/mol. The predicted octanol–water partition coefficient (Wildman–Crippen LogP) is 2.98. The predicted molar refractivity (Wildman–Crippen MR) is 129 cm³/mol. The number of hydrogen-bond donors (Lipinski definition) is 2. The van der Waals surface area contributed by atoms with Gasteiger partial charge >= 0.3 is 0 Å². The van der Waals surface area contributed by atoms with Gasteiger partial charge in [-0.15, -0.1) is 10.2 Å². The maximum atomic E-state index is 13.8. The van der Waals surface area contributed by atoms with Crippen LogP contribution in [0.3, 0.4) is 0 Å². The average Bonchev–Trinajstić information content (AvgIpc) is 3.26. The van der Waals surface area contributed by atoms with Gasteiger partial charge in [-0.25, -0.2) is 4.39 Å². The third kappa shape index (κ3) is 4.51. The standard InChI is InChI=1S/C23H23FN6O3S/c1-4-13(2)25-20(32)14-9-10-15-18(11-14)30-22(29(3)21(15)33)27-28-23(30)34-12-19(31)26-17-8-6-5-7-16(17)24/h5-11,13H,4,12H2,1-3H3,(H,25,32)(H,26,31). The lowest BCUT2D eigenvalue weighted by atomic mass is 10.1. The maximum absolute atomic E-state index is 13.8. The molecule has 0 saturated heterocycles. The van der Waals surface area contributed by atoms with E-state index in [4.69, 9.17) is 0 Å². The zero-order valence-electron chi connectivity index (χ0n) is 18.8. The van der Waals surface area contributed by atoms with Crippen molar-refractivity contribution in [2.24, 2.45) is 7.05 Å². The van der Waals surface area contributed by atoms with Gasteiger partial charge in [0.25, 0.3) is 11.5 Å². The van der Waals surface area contributed by atoms with Crippen LogP contribution >= 0.6 is 11.8 Å². The summed E-state index contributed by atoms with van der Waals surface area (Å²) in [5.41, 5.74) is 0.655. The Kier molecular flexibility index (Phi) is 6.64. The number of halogens is 1. The highest BCUT2D eigenvalue weighted by atomic mass is 32.2. The third-order valence-electron chi connectivity index (χ3n) is 5.42. The van der Waals surface area contributed by atoms with Gasteiger partial charge < -0.3 is 10.6 Å². The number of aromatic nitrogens is 4. The number of rotatable bonds is 7. The van der Waals surface area contributed by atoms with E-state index < -0.39 is 11.7 Å². The average molecular weight is 483 g/mol. The first-order valence-electron chi connectivity index (χ1n) is 10.7. The van der Waals surface area contributed by atoms with Gasteiger partial charge in [0, 0.05) is 18.7 Å². The fourth-order valence-electron chi connectivity index (χ4n) is 3.38. The van der Waals surface area contributed by atoms with Crippen LogP contribution in [0.25, 0.3) is 16.7 Å². The number of aryl methyl sites for hydroxylation is 1. The van der Waals surface area contributed by atoms with Gasteiger partial charge in [-0.05, 0) is 43.7 Å². The van der Waals surface area contributed by atoms with E-state index in [0.717, 1.165) is 18.2 Å². The summed E-state index contributed by atoms with van der Waals surface area (Å²) in [7, 11) is 1.58. The molecule has 0 bridgehead atoms. The largest absolute Gasteiger partial charge is 0.350 e. The summed E-state index contributed by atoms with van der Waals surface area (Å²) < 4.78 is 16.8. The number of benzene rings is 2. The molecule has 0 fully saturated rings.